The molecule has 0 spiro atoms. The Labute approximate surface area is 270 Å². The fourth-order valence-electron chi connectivity index (χ4n) is 3.70. The first-order chi connectivity index (χ1) is 19.3. The van der Waals surface area contributed by atoms with Gasteiger partial charge in [-0.05, 0) is 83.6 Å². The second-order valence-electron chi connectivity index (χ2n) is 8.96. The minimum absolute atomic E-state index is 0. The molecule has 1 radical (unpaired) electrons. The first-order valence-corrected chi connectivity index (χ1v) is 12.5. The van der Waals surface area contributed by atoms with Crippen LogP contribution >= 0.6 is 0 Å². The molecule has 0 saturated heterocycles. The summed E-state index contributed by atoms with van der Waals surface area (Å²) in [6.45, 7) is 0.860. The second kappa shape index (κ2) is 23.9. The molecule has 0 aliphatic heterocycles. The molecule has 15 heteroatoms. The molecule has 14 nitrogen and oxygen atoms in total. The summed E-state index contributed by atoms with van der Waals surface area (Å²) in [4.78, 5) is 30.1. The molecule has 2 aromatic heterocycles. The summed E-state index contributed by atoms with van der Waals surface area (Å²) in [7, 11) is 0. The Bertz CT molecular complexity index is 1230. The molecule has 0 fully saturated rings. The summed E-state index contributed by atoms with van der Waals surface area (Å²) in [5.74, 6) is -1.98. The Morgan fingerprint density at radius 3 is 1.11 bits per heavy atom. The van der Waals surface area contributed by atoms with Gasteiger partial charge in [0, 0.05) is 37.9 Å². The maximum absolute atomic E-state index is 11.2. The van der Waals surface area contributed by atoms with Crippen molar-refractivity contribution in [3.05, 3.63) is 120 Å². The van der Waals surface area contributed by atoms with Gasteiger partial charge in [0.25, 0.3) is 0 Å². The van der Waals surface area contributed by atoms with E-state index >= 15 is 0 Å². The van der Waals surface area contributed by atoms with E-state index in [0.717, 1.165) is 22.3 Å². The molecular weight excluding hydrogens is 640 g/mol. The minimum atomic E-state index is -1.15. The van der Waals surface area contributed by atoms with Crippen LogP contribution in [0, 0.1) is 0 Å². The van der Waals surface area contributed by atoms with Gasteiger partial charge in [-0.2, -0.15) is 0 Å². The fourth-order valence-corrected chi connectivity index (χ4v) is 3.70. The van der Waals surface area contributed by atoms with Gasteiger partial charge in [-0.3, -0.25) is 9.97 Å². The number of aromatic hydroxyl groups is 2. The number of benzene rings is 2. The van der Waals surface area contributed by atoms with Gasteiger partial charge in [-0.15, -0.1) is 0 Å². The number of hydrogen-bond acceptors (Lipinski definition) is 10. The summed E-state index contributed by atoms with van der Waals surface area (Å²) < 4.78 is 0. The quantitative estimate of drug-likeness (QED) is 0.111. The van der Waals surface area contributed by atoms with E-state index in [2.05, 4.69) is 20.6 Å². The molecule has 0 unspecified atom stereocenters. The average molecular weight is 678 g/mol. The molecule has 2 heterocycles. The third kappa shape index (κ3) is 16.8. The van der Waals surface area contributed by atoms with Crippen LogP contribution in [0.1, 0.15) is 22.3 Å². The Morgan fingerprint density at radius 1 is 0.556 bits per heavy atom. The number of hydrogen-bond donors (Lipinski definition) is 4. The van der Waals surface area contributed by atoms with Crippen molar-refractivity contribution in [3.63, 3.8) is 0 Å². The van der Waals surface area contributed by atoms with Gasteiger partial charge < -0.3 is 62.6 Å². The summed E-state index contributed by atoms with van der Waals surface area (Å²) in [5, 5.41) is 46.6. The zero-order valence-corrected chi connectivity index (χ0v) is 24.9. The van der Waals surface area contributed by atoms with Crippen LogP contribution in [-0.4, -0.2) is 66.1 Å². The van der Waals surface area contributed by atoms with Crippen molar-refractivity contribution in [3.8, 4) is 11.5 Å². The molecule has 4 aromatic rings. The Morgan fingerprint density at radius 2 is 0.844 bits per heavy atom. The Hall–Kier alpha value is -4.44. The molecule has 45 heavy (non-hydrogen) atoms. The van der Waals surface area contributed by atoms with Crippen LogP contribution in [0.2, 0.25) is 0 Å². The molecule has 0 aliphatic carbocycles. The molecule has 0 aliphatic rings. The Kier molecular flexibility index (Phi) is 23.9. The van der Waals surface area contributed by atoms with E-state index in [1.165, 1.54) is 24.3 Å². The number of carboxylic acids is 2. The van der Waals surface area contributed by atoms with Crippen LogP contribution < -0.4 is 20.8 Å². The van der Waals surface area contributed by atoms with E-state index in [9.17, 15) is 30.0 Å². The first kappa shape index (κ1) is 45.0. The SMILES string of the molecule is O.O.O.O.O=C([O-])[C@H](Cc1ccc(O)cc1)NCc1ccncc1.O=C([O-])[C@H](Cc1ccc(O)cc1)NCc1ccncc1.[Cu+2]. The maximum atomic E-state index is 11.2. The number of rotatable bonds is 12. The summed E-state index contributed by atoms with van der Waals surface area (Å²) in [6, 6.07) is 18.6. The van der Waals surface area contributed by atoms with Crippen LogP contribution in [-0.2, 0) is 52.6 Å². The minimum Gasteiger partial charge on any atom is -0.548 e. The molecule has 12 N–H and O–H groups in total. The van der Waals surface area contributed by atoms with Crippen LogP contribution in [0.15, 0.2) is 97.6 Å². The van der Waals surface area contributed by atoms with Crippen molar-refractivity contribution in [2.75, 3.05) is 0 Å². The molecule has 2 atom stereocenters. The van der Waals surface area contributed by atoms with Crippen LogP contribution in [0.3, 0.4) is 0 Å². The maximum Gasteiger partial charge on any atom is 2.00 e. The number of nitrogens with one attached hydrogen (secondary N) is 2. The standard InChI is InChI=1S/2C15H16N2O3.Cu.4H2O/c2*18-13-3-1-11(2-4-13)9-14(15(19)20)17-10-12-5-7-16-8-6-12;;;;;/h2*1-8,14,17-18H,9-10H2,(H,19,20);;4*1H2/q;;+2;;;;/p-2/t2*14-;;;;;/m00...../s1. The van der Waals surface area contributed by atoms with Crippen LogP contribution in [0.5, 0.6) is 11.5 Å². The molecule has 0 bridgehead atoms. The average Bonchev–Trinajstić information content (AvgIpc) is 2.96. The van der Waals surface area contributed by atoms with Crippen molar-refractivity contribution in [1.82, 2.24) is 20.6 Å². The van der Waals surface area contributed by atoms with Gasteiger partial charge in [-0.25, -0.2) is 0 Å². The van der Waals surface area contributed by atoms with Gasteiger partial charge in [-0.1, -0.05) is 24.3 Å². The number of aromatic nitrogens is 2. The Balaban J connectivity index is -0.000000706. The number of carboxylic acid groups (broad SMARTS) is 2. The van der Waals surface area contributed by atoms with E-state index in [1.807, 2.05) is 24.3 Å². The fraction of sp³-hybridized carbons (Fsp3) is 0.200. The molecule has 0 amide bonds. The van der Waals surface area contributed by atoms with Crippen molar-refractivity contribution in [2.24, 2.45) is 0 Å². The topological polar surface area (TPSA) is 297 Å². The van der Waals surface area contributed by atoms with E-state index in [1.54, 1.807) is 49.1 Å². The molecule has 0 saturated carbocycles. The zero-order valence-electron chi connectivity index (χ0n) is 23.9. The number of carbonyl (C=O) groups excluding carboxylic acids is 2. The summed E-state index contributed by atoms with van der Waals surface area (Å²) in [5.41, 5.74) is 3.55. The van der Waals surface area contributed by atoms with Crippen molar-refractivity contribution in [2.45, 2.75) is 38.0 Å². The van der Waals surface area contributed by atoms with Crippen molar-refractivity contribution < 1.29 is 69.0 Å². The monoisotopic (exact) mass is 677 g/mol. The predicted octanol–water partition coefficient (Wildman–Crippen LogP) is -2.83. The second-order valence-corrected chi connectivity index (χ2v) is 8.96. The number of phenols is 2. The van der Waals surface area contributed by atoms with Gasteiger partial charge in [0.1, 0.15) is 11.5 Å². The van der Waals surface area contributed by atoms with Gasteiger partial charge in [0.05, 0.1) is 24.0 Å². The van der Waals surface area contributed by atoms with Crippen LogP contribution in [0.25, 0.3) is 0 Å². The van der Waals surface area contributed by atoms with Crippen molar-refractivity contribution in [1.29, 1.82) is 0 Å². The summed E-state index contributed by atoms with van der Waals surface area (Å²) >= 11 is 0. The number of carbonyl (C=O) groups is 2. The van der Waals surface area contributed by atoms with Gasteiger partial charge >= 0.3 is 17.1 Å². The predicted molar refractivity (Wildman–Crippen MR) is 158 cm³/mol. The summed E-state index contributed by atoms with van der Waals surface area (Å²) in [6.07, 6.45) is 7.23. The van der Waals surface area contributed by atoms with Crippen molar-refractivity contribution >= 4 is 11.9 Å². The molecule has 2 aromatic carbocycles. The van der Waals surface area contributed by atoms with E-state index < -0.39 is 24.0 Å². The smallest absolute Gasteiger partial charge is 0.548 e. The van der Waals surface area contributed by atoms with Crippen LogP contribution in [0.4, 0.5) is 0 Å². The van der Waals surface area contributed by atoms with Gasteiger partial charge in [0.15, 0.2) is 0 Å². The van der Waals surface area contributed by atoms with E-state index in [-0.39, 0.29) is 50.5 Å². The third-order valence-corrected chi connectivity index (χ3v) is 5.93. The third-order valence-electron chi connectivity index (χ3n) is 5.93. The normalized spacial score (nSPS) is 10.7. The number of phenolic OH excluding ortho intramolecular Hbond substituents is 2. The van der Waals surface area contributed by atoms with Gasteiger partial charge in [0.2, 0.25) is 0 Å². The largest absolute Gasteiger partial charge is 2.00 e. The number of aliphatic carboxylic acids is 2. The number of nitrogens with zero attached hydrogens (tertiary/aromatic N) is 2. The zero-order chi connectivity index (χ0) is 28.7. The molecule has 4 rings (SSSR count). The molecule has 249 valence electrons. The van der Waals surface area contributed by atoms with E-state index in [4.69, 9.17) is 0 Å². The number of pyridine rings is 2. The van der Waals surface area contributed by atoms with E-state index in [0.29, 0.717) is 25.9 Å². The first-order valence-electron chi connectivity index (χ1n) is 12.5. The molecular formula is C30H38CuN4O10.